The highest BCUT2D eigenvalue weighted by Gasteiger charge is 2.20. The van der Waals surface area contributed by atoms with Crippen molar-refractivity contribution in [2.24, 2.45) is 0 Å². The van der Waals surface area contributed by atoms with Crippen LogP contribution in [0.2, 0.25) is 5.02 Å². The Hall–Kier alpha value is -1.86. The minimum absolute atomic E-state index is 0.139. The Kier molecular flexibility index (Phi) is 4.28. The summed E-state index contributed by atoms with van der Waals surface area (Å²) in [6.45, 7) is 0. The number of nitrogens with one attached hydrogen (secondary N) is 1. The van der Waals surface area contributed by atoms with E-state index in [1.54, 1.807) is 18.3 Å². The molecule has 24 heavy (non-hydrogen) atoms. The monoisotopic (exact) mass is 361 g/mol. The van der Waals surface area contributed by atoms with Gasteiger partial charge < -0.3 is 0 Å². The zero-order valence-corrected chi connectivity index (χ0v) is 14.5. The van der Waals surface area contributed by atoms with Crippen molar-refractivity contribution in [2.45, 2.75) is 42.5 Å². The van der Waals surface area contributed by atoms with Crippen molar-refractivity contribution in [3.05, 3.63) is 51.3 Å². The second-order valence-electron chi connectivity index (χ2n) is 5.93. The van der Waals surface area contributed by atoms with Crippen molar-refractivity contribution < 1.29 is 0 Å². The first-order valence-corrected chi connectivity index (χ1v) is 9.28. The molecule has 124 valence electrons. The van der Waals surface area contributed by atoms with Gasteiger partial charge in [-0.2, -0.15) is 0 Å². The molecule has 6 nitrogen and oxygen atoms in total. The van der Waals surface area contributed by atoms with Crippen molar-refractivity contribution in [1.82, 2.24) is 24.6 Å². The average Bonchev–Trinajstić information content (AvgIpc) is 3.25. The van der Waals surface area contributed by atoms with Gasteiger partial charge in [0.2, 0.25) is 5.16 Å². The van der Waals surface area contributed by atoms with Gasteiger partial charge >= 0.3 is 0 Å². The molecule has 1 saturated carbocycles. The van der Waals surface area contributed by atoms with Crippen molar-refractivity contribution in [3.8, 4) is 0 Å². The fraction of sp³-hybridized carbons (Fsp3) is 0.375. The Balaban J connectivity index is 1.50. The topological polar surface area (TPSA) is 75.9 Å². The van der Waals surface area contributed by atoms with Gasteiger partial charge in [0.15, 0.2) is 0 Å². The van der Waals surface area contributed by atoms with E-state index in [0.717, 1.165) is 5.82 Å². The van der Waals surface area contributed by atoms with Crippen molar-refractivity contribution in [3.63, 3.8) is 0 Å². The van der Waals surface area contributed by atoms with Crippen molar-refractivity contribution in [1.29, 1.82) is 0 Å². The van der Waals surface area contributed by atoms with E-state index in [4.69, 9.17) is 11.6 Å². The molecule has 1 fully saturated rings. The zero-order chi connectivity index (χ0) is 16.5. The van der Waals surface area contributed by atoms with Gasteiger partial charge in [-0.15, -0.1) is 5.10 Å². The van der Waals surface area contributed by atoms with Crippen molar-refractivity contribution >= 4 is 29.0 Å². The van der Waals surface area contributed by atoms with Gasteiger partial charge in [0.1, 0.15) is 11.5 Å². The predicted octanol–water partition coefficient (Wildman–Crippen LogP) is 3.42. The molecule has 0 amide bonds. The second kappa shape index (κ2) is 6.57. The highest BCUT2D eigenvalue weighted by Crippen LogP contribution is 2.32. The molecule has 0 spiro atoms. The van der Waals surface area contributed by atoms with Crippen LogP contribution in [0.15, 0.2) is 34.3 Å². The normalized spacial score (nSPS) is 15.4. The molecule has 4 rings (SSSR count). The van der Waals surface area contributed by atoms with Crippen LogP contribution in [0.3, 0.4) is 0 Å². The van der Waals surface area contributed by atoms with Gasteiger partial charge in [-0.1, -0.05) is 36.2 Å². The maximum absolute atomic E-state index is 12.2. The molecule has 0 bridgehead atoms. The summed E-state index contributed by atoms with van der Waals surface area (Å²) >= 11 is 7.40. The lowest BCUT2D eigenvalue weighted by atomic mass is 10.1. The number of aromatic nitrogens is 5. The van der Waals surface area contributed by atoms with E-state index in [9.17, 15) is 4.79 Å². The molecule has 3 aromatic heterocycles. The van der Waals surface area contributed by atoms with Crippen LogP contribution in [0, 0.1) is 0 Å². The fourth-order valence-electron chi connectivity index (χ4n) is 3.04. The Labute approximate surface area is 147 Å². The molecular weight excluding hydrogens is 346 g/mol. The first kappa shape index (κ1) is 15.7. The Morgan fingerprint density at radius 2 is 2.12 bits per heavy atom. The number of rotatable bonds is 4. The minimum Gasteiger partial charge on any atom is -0.269 e. The number of hydrogen-bond donors (Lipinski definition) is 1. The predicted molar refractivity (Wildman–Crippen MR) is 93.6 cm³/mol. The molecule has 1 aliphatic rings. The van der Waals surface area contributed by atoms with E-state index >= 15 is 0 Å². The summed E-state index contributed by atoms with van der Waals surface area (Å²) in [4.78, 5) is 21.2. The third-order valence-electron chi connectivity index (χ3n) is 4.25. The maximum atomic E-state index is 12.2. The number of nitrogens with zero attached hydrogens (tertiary/aromatic N) is 4. The van der Waals surface area contributed by atoms with Gasteiger partial charge in [-0.05, 0) is 25.0 Å². The summed E-state index contributed by atoms with van der Waals surface area (Å²) in [6.07, 6.45) is 6.48. The molecule has 0 atom stereocenters. The van der Waals surface area contributed by atoms with Gasteiger partial charge in [0, 0.05) is 23.9 Å². The van der Waals surface area contributed by atoms with Gasteiger partial charge in [0.05, 0.1) is 10.7 Å². The molecule has 0 radical (unpaired) electrons. The summed E-state index contributed by atoms with van der Waals surface area (Å²) < 4.78 is 1.45. The molecule has 1 aliphatic carbocycles. The van der Waals surface area contributed by atoms with Gasteiger partial charge in [-0.25, -0.2) is 9.97 Å². The standard InChI is InChI=1S/C16H16ClN5OS/c17-11-5-6-13-18-12(7-14(23)22(13)8-11)9-24-16-19-15(20-21-16)10-3-1-2-4-10/h5-8,10H,1-4,9H2,(H,19,20,21). The lowest BCUT2D eigenvalue weighted by molar-refractivity contribution is 0.671. The average molecular weight is 362 g/mol. The molecule has 3 aromatic rings. The van der Waals surface area contributed by atoms with Gasteiger partial charge in [-0.3, -0.25) is 14.3 Å². The second-order valence-corrected chi connectivity index (χ2v) is 7.31. The van der Waals surface area contributed by atoms with E-state index in [2.05, 4.69) is 20.2 Å². The van der Waals surface area contributed by atoms with Crippen molar-refractivity contribution in [2.75, 3.05) is 0 Å². The number of pyridine rings is 1. The largest absolute Gasteiger partial charge is 0.269 e. The Bertz CT molecular complexity index is 932. The lowest BCUT2D eigenvalue weighted by Crippen LogP contribution is -2.15. The summed E-state index contributed by atoms with van der Waals surface area (Å²) in [5.41, 5.74) is 1.16. The molecular formula is C16H16ClN5OS. The molecule has 0 unspecified atom stereocenters. The minimum atomic E-state index is -0.139. The summed E-state index contributed by atoms with van der Waals surface area (Å²) in [6, 6.07) is 4.99. The third kappa shape index (κ3) is 3.18. The molecule has 0 saturated heterocycles. The van der Waals surface area contributed by atoms with Crippen LogP contribution < -0.4 is 5.56 Å². The fourth-order valence-corrected chi connectivity index (χ4v) is 3.90. The first-order valence-electron chi connectivity index (χ1n) is 7.92. The Morgan fingerprint density at radius 3 is 2.96 bits per heavy atom. The molecule has 0 aliphatic heterocycles. The van der Waals surface area contributed by atoms with Crippen LogP contribution in [0.25, 0.3) is 5.65 Å². The van der Waals surface area contributed by atoms with Crippen LogP contribution in [-0.4, -0.2) is 24.6 Å². The lowest BCUT2D eigenvalue weighted by Gasteiger charge is -2.03. The summed E-state index contributed by atoms with van der Waals surface area (Å²) in [5, 5.41) is 8.53. The van der Waals surface area contributed by atoms with E-state index in [1.807, 2.05) is 0 Å². The Morgan fingerprint density at radius 1 is 1.29 bits per heavy atom. The van der Waals surface area contributed by atoms with E-state index in [-0.39, 0.29) is 5.56 Å². The van der Waals surface area contributed by atoms with E-state index in [1.165, 1.54) is 47.9 Å². The number of thioether (sulfide) groups is 1. The number of H-pyrrole nitrogens is 1. The van der Waals surface area contributed by atoms with Crippen LogP contribution in [0.1, 0.15) is 43.1 Å². The van der Waals surface area contributed by atoms with Gasteiger partial charge in [0.25, 0.3) is 5.56 Å². The maximum Gasteiger partial charge on any atom is 0.258 e. The molecule has 1 N–H and O–H groups in total. The number of hydrogen-bond acceptors (Lipinski definition) is 5. The third-order valence-corrected chi connectivity index (χ3v) is 5.35. The highest BCUT2D eigenvalue weighted by atomic mass is 35.5. The quantitative estimate of drug-likeness (QED) is 0.720. The SMILES string of the molecule is O=c1cc(CSc2n[nH]c(C3CCCC3)n2)nc2ccc(Cl)cn12. The van der Waals surface area contributed by atoms with Crippen LogP contribution in [0.4, 0.5) is 0 Å². The summed E-state index contributed by atoms with van der Waals surface area (Å²) in [7, 11) is 0. The smallest absolute Gasteiger partial charge is 0.258 e. The highest BCUT2D eigenvalue weighted by molar-refractivity contribution is 7.98. The zero-order valence-electron chi connectivity index (χ0n) is 12.9. The van der Waals surface area contributed by atoms with Crippen LogP contribution in [-0.2, 0) is 5.75 Å². The molecule has 3 heterocycles. The number of aromatic amines is 1. The number of fused-ring (bicyclic) bond motifs is 1. The molecule has 0 aromatic carbocycles. The number of halogens is 1. The molecule has 8 heteroatoms. The first-order chi connectivity index (χ1) is 11.7. The van der Waals surface area contributed by atoms with Crippen LogP contribution in [0.5, 0.6) is 0 Å². The summed E-state index contributed by atoms with van der Waals surface area (Å²) in [5.74, 6) is 2.05. The van der Waals surface area contributed by atoms with Crippen LogP contribution >= 0.6 is 23.4 Å². The van der Waals surface area contributed by atoms with E-state index in [0.29, 0.717) is 33.2 Å². The van der Waals surface area contributed by atoms with E-state index < -0.39 is 0 Å².